The molecule has 1 heterocycles. The summed E-state index contributed by atoms with van der Waals surface area (Å²) in [6, 6.07) is 0. The molecule has 0 saturated heterocycles. The second-order valence-corrected chi connectivity index (χ2v) is 7.77. The number of hydrogen-bond acceptors (Lipinski definition) is 4. The van der Waals surface area contributed by atoms with Crippen LogP contribution in [-0.2, 0) is 16.6 Å². The topological polar surface area (TPSA) is 67.2 Å². The molecule has 0 unspecified atom stereocenters. The second-order valence-electron chi connectivity index (χ2n) is 5.72. The van der Waals surface area contributed by atoms with E-state index in [4.69, 9.17) is 0 Å². The Balaban J connectivity index is 2.57. The van der Waals surface area contributed by atoms with Crippen LogP contribution in [0.25, 0.3) is 0 Å². The Morgan fingerprint density at radius 1 is 1.38 bits per heavy atom. The van der Waals surface area contributed by atoms with Gasteiger partial charge in [0.2, 0.25) is 10.0 Å². The lowest BCUT2D eigenvalue weighted by atomic mass is 10.2. The van der Waals surface area contributed by atoms with E-state index in [0.717, 1.165) is 32.5 Å². The zero-order valence-electron chi connectivity index (χ0n) is 13.5. The molecule has 21 heavy (non-hydrogen) atoms. The minimum Gasteiger partial charge on any atom is -0.317 e. The Morgan fingerprint density at radius 3 is 2.71 bits per heavy atom. The Morgan fingerprint density at radius 2 is 2.10 bits per heavy atom. The fourth-order valence-corrected chi connectivity index (χ4v) is 3.35. The van der Waals surface area contributed by atoms with Crippen LogP contribution in [0.4, 0.5) is 0 Å². The van der Waals surface area contributed by atoms with Crippen molar-refractivity contribution in [1.82, 2.24) is 19.4 Å². The van der Waals surface area contributed by atoms with Gasteiger partial charge >= 0.3 is 0 Å². The molecule has 122 valence electrons. The molecule has 1 aromatic rings. The molecule has 0 bridgehead atoms. The average molecular weight is 316 g/mol. The minimum absolute atomic E-state index is 0.271. The van der Waals surface area contributed by atoms with Crippen molar-refractivity contribution in [2.45, 2.75) is 45.1 Å². The largest absolute Gasteiger partial charge is 0.317 e. The van der Waals surface area contributed by atoms with Crippen LogP contribution in [0.5, 0.6) is 0 Å². The van der Waals surface area contributed by atoms with Gasteiger partial charge in [0.1, 0.15) is 4.90 Å². The van der Waals surface area contributed by atoms with Gasteiger partial charge in [0, 0.05) is 26.3 Å². The molecule has 0 spiro atoms. The van der Waals surface area contributed by atoms with Gasteiger partial charge in [-0.25, -0.2) is 12.7 Å². The van der Waals surface area contributed by atoms with Crippen molar-refractivity contribution in [3.63, 3.8) is 0 Å². The van der Waals surface area contributed by atoms with E-state index in [9.17, 15) is 8.42 Å². The predicted molar refractivity (Wildman–Crippen MR) is 84.7 cm³/mol. The van der Waals surface area contributed by atoms with E-state index in [1.165, 1.54) is 10.5 Å². The maximum atomic E-state index is 12.4. The molecule has 0 aliphatic heterocycles. The lowest BCUT2D eigenvalue weighted by molar-refractivity contribution is 0.417. The first kappa shape index (κ1) is 18.1. The fourth-order valence-electron chi connectivity index (χ4n) is 2.06. The first-order valence-corrected chi connectivity index (χ1v) is 9.01. The van der Waals surface area contributed by atoms with E-state index in [-0.39, 0.29) is 4.90 Å². The Bertz CT molecular complexity index is 511. The van der Waals surface area contributed by atoms with Gasteiger partial charge in [-0.3, -0.25) is 4.68 Å². The van der Waals surface area contributed by atoms with Gasteiger partial charge in [-0.15, -0.1) is 0 Å². The number of nitrogens with zero attached hydrogens (tertiary/aromatic N) is 3. The Kier molecular flexibility index (Phi) is 7.34. The maximum absolute atomic E-state index is 12.4. The highest BCUT2D eigenvalue weighted by molar-refractivity contribution is 7.89. The van der Waals surface area contributed by atoms with E-state index in [2.05, 4.69) is 17.3 Å². The summed E-state index contributed by atoms with van der Waals surface area (Å²) in [6.07, 6.45) is 5.10. The number of aryl methyl sites for hydroxylation is 1. The molecule has 6 nitrogen and oxygen atoms in total. The summed E-state index contributed by atoms with van der Waals surface area (Å²) >= 11 is 0. The lowest BCUT2D eigenvalue weighted by Crippen LogP contribution is -2.30. The standard InChI is InChI=1S/C14H28N4O2S/c1-5-7-15-8-6-9-18-12-14(10-16-18)21(19,20)17(4)11-13(2)3/h10,12-13,15H,5-9,11H2,1-4H3. The summed E-state index contributed by atoms with van der Waals surface area (Å²) in [5.41, 5.74) is 0. The highest BCUT2D eigenvalue weighted by Crippen LogP contribution is 2.14. The van der Waals surface area contributed by atoms with Gasteiger partial charge in [0.15, 0.2) is 0 Å². The van der Waals surface area contributed by atoms with Gasteiger partial charge < -0.3 is 5.32 Å². The van der Waals surface area contributed by atoms with Crippen LogP contribution in [0.1, 0.15) is 33.6 Å². The van der Waals surface area contributed by atoms with Crippen LogP contribution in [0.15, 0.2) is 17.3 Å². The molecule has 0 radical (unpaired) electrons. The highest BCUT2D eigenvalue weighted by Gasteiger charge is 2.22. The van der Waals surface area contributed by atoms with Crippen molar-refractivity contribution in [3.05, 3.63) is 12.4 Å². The highest BCUT2D eigenvalue weighted by atomic mass is 32.2. The number of aromatic nitrogens is 2. The van der Waals surface area contributed by atoms with Crippen molar-refractivity contribution in [1.29, 1.82) is 0 Å². The Labute approximate surface area is 128 Å². The van der Waals surface area contributed by atoms with Crippen molar-refractivity contribution < 1.29 is 8.42 Å². The molecule has 1 rings (SSSR count). The Hall–Kier alpha value is -0.920. The van der Waals surface area contributed by atoms with Crippen LogP contribution in [0.3, 0.4) is 0 Å². The number of nitrogens with one attached hydrogen (secondary N) is 1. The van der Waals surface area contributed by atoms with Gasteiger partial charge in [0.25, 0.3) is 0 Å². The smallest absolute Gasteiger partial charge is 0.245 e. The summed E-state index contributed by atoms with van der Waals surface area (Å²) in [4.78, 5) is 0.271. The second kappa shape index (κ2) is 8.51. The number of sulfonamides is 1. The SMILES string of the molecule is CCCNCCCn1cc(S(=O)(=O)N(C)CC(C)C)cn1. The van der Waals surface area contributed by atoms with E-state index >= 15 is 0 Å². The number of hydrogen-bond donors (Lipinski definition) is 1. The summed E-state index contributed by atoms with van der Waals surface area (Å²) in [5, 5.41) is 7.46. The molecule has 0 fully saturated rings. The zero-order chi connectivity index (χ0) is 15.9. The van der Waals surface area contributed by atoms with Gasteiger partial charge in [-0.05, 0) is 31.8 Å². The summed E-state index contributed by atoms with van der Waals surface area (Å²) in [6.45, 7) is 9.29. The molecule has 0 amide bonds. The van der Waals surface area contributed by atoms with E-state index in [1.807, 2.05) is 13.8 Å². The molecule has 0 saturated carbocycles. The molecule has 0 aliphatic carbocycles. The summed E-state index contributed by atoms with van der Waals surface area (Å²) in [7, 11) is -1.81. The third-order valence-electron chi connectivity index (χ3n) is 3.11. The van der Waals surface area contributed by atoms with Crippen LogP contribution in [-0.4, -0.2) is 49.2 Å². The third kappa shape index (κ3) is 5.76. The van der Waals surface area contributed by atoms with Crippen molar-refractivity contribution in [2.24, 2.45) is 5.92 Å². The third-order valence-corrected chi connectivity index (χ3v) is 4.88. The summed E-state index contributed by atoms with van der Waals surface area (Å²) in [5.74, 6) is 0.296. The zero-order valence-corrected chi connectivity index (χ0v) is 14.4. The molecule has 1 N–H and O–H groups in total. The predicted octanol–water partition coefficient (Wildman–Crippen LogP) is 1.55. The maximum Gasteiger partial charge on any atom is 0.245 e. The van der Waals surface area contributed by atoms with E-state index < -0.39 is 10.0 Å². The van der Waals surface area contributed by atoms with E-state index in [1.54, 1.807) is 17.9 Å². The van der Waals surface area contributed by atoms with Crippen molar-refractivity contribution in [3.8, 4) is 0 Å². The average Bonchev–Trinajstić information content (AvgIpc) is 2.87. The first-order valence-electron chi connectivity index (χ1n) is 7.57. The molecule has 7 heteroatoms. The molecular weight excluding hydrogens is 288 g/mol. The van der Waals surface area contributed by atoms with Crippen LogP contribution >= 0.6 is 0 Å². The molecular formula is C14H28N4O2S. The molecule has 1 aromatic heterocycles. The number of rotatable bonds is 10. The van der Waals surface area contributed by atoms with Crippen LogP contribution < -0.4 is 5.32 Å². The van der Waals surface area contributed by atoms with E-state index in [0.29, 0.717) is 12.5 Å². The molecule has 0 aromatic carbocycles. The van der Waals surface area contributed by atoms with Crippen molar-refractivity contribution in [2.75, 3.05) is 26.7 Å². The van der Waals surface area contributed by atoms with Crippen molar-refractivity contribution >= 4 is 10.0 Å². The quantitative estimate of drug-likeness (QED) is 0.665. The summed E-state index contributed by atoms with van der Waals surface area (Å²) < 4.78 is 27.8. The monoisotopic (exact) mass is 316 g/mol. The first-order chi connectivity index (χ1) is 9.87. The van der Waals surface area contributed by atoms with Crippen LogP contribution in [0, 0.1) is 5.92 Å². The molecule has 0 aliphatic rings. The fraction of sp³-hybridized carbons (Fsp3) is 0.786. The minimum atomic E-state index is -3.42. The van der Waals surface area contributed by atoms with Gasteiger partial charge in [-0.2, -0.15) is 5.10 Å². The lowest BCUT2D eigenvalue weighted by Gasteiger charge is -2.17. The van der Waals surface area contributed by atoms with Crippen LogP contribution in [0.2, 0.25) is 0 Å². The van der Waals surface area contributed by atoms with Gasteiger partial charge in [0.05, 0.1) is 6.20 Å². The normalized spacial score (nSPS) is 12.5. The van der Waals surface area contributed by atoms with Gasteiger partial charge in [-0.1, -0.05) is 20.8 Å². The molecule has 0 atom stereocenters.